The highest BCUT2D eigenvalue weighted by molar-refractivity contribution is 9.10. The number of carbonyl (C=O) groups excluding carboxylic acids is 2. The second-order valence-electron chi connectivity index (χ2n) is 8.53. The third-order valence-electron chi connectivity index (χ3n) is 6.04. The fourth-order valence-electron chi connectivity index (χ4n) is 4.20. The summed E-state index contributed by atoms with van der Waals surface area (Å²) in [7, 11) is 0. The molecular formula is C30H21BrN2O6. The molecule has 0 saturated carbocycles. The molecule has 0 unspecified atom stereocenters. The lowest BCUT2D eigenvalue weighted by Crippen LogP contribution is -2.25. The van der Waals surface area contributed by atoms with Crippen LogP contribution in [-0.4, -0.2) is 23.4 Å². The lowest BCUT2D eigenvalue weighted by molar-refractivity contribution is -0.384. The Kier molecular flexibility index (Phi) is 7.25. The van der Waals surface area contributed by atoms with Gasteiger partial charge in [-0.05, 0) is 83.0 Å². The Hall–Kier alpha value is -4.76. The Morgan fingerprint density at radius 2 is 1.79 bits per heavy atom. The molecule has 3 aromatic carbocycles. The van der Waals surface area contributed by atoms with Crippen LogP contribution in [0.5, 0.6) is 0 Å². The van der Waals surface area contributed by atoms with Gasteiger partial charge in [-0.3, -0.25) is 19.8 Å². The average molecular weight is 585 g/mol. The van der Waals surface area contributed by atoms with Crippen LogP contribution >= 0.6 is 15.9 Å². The van der Waals surface area contributed by atoms with Crippen LogP contribution in [0.25, 0.3) is 23.1 Å². The molecule has 1 aliphatic heterocycles. The summed E-state index contributed by atoms with van der Waals surface area (Å²) in [6.07, 6.45) is 3.45. The predicted octanol–water partition coefficient (Wildman–Crippen LogP) is 7.27. The molecule has 0 fully saturated rings. The van der Waals surface area contributed by atoms with E-state index in [0.717, 1.165) is 5.56 Å². The molecule has 1 amide bonds. The zero-order chi connectivity index (χ0) is 27.5. The van der Waals surface area contributed by atoms with E-state index in [4.69, 9.17) is 9.15 Å². The van der Waals surface area contributed by atoms with Crippen molar-refractivity contribution in [2.45, 2.75) is 6.92 Å². The Morgan fingerprint density at radius 3 is 2.46 bits per heavy atom. The van der Waals surface area contributed by atoms with E-state index in [1.807, 2.05) is 30.3 Å². The number of benzene rings is 3. The summed E-state index contributed by atoms with van der Waals surface area (Å²) in [6.45, 7) is 2.02. The van der Waals surface area contributed by atoms with Crippen LogP contribution in [0.15, 0.2) is 105 Å². The van der Waals surface area contributed by atoms with E-state index >= 15 is 0 Å². The molecule has 0 spiro atoms. The molecule has 1 aliphatic rings. The SMILES string of the molecule is CCOC(=O)c1ccc(N2C(=O)C(=Cc3ccc(-c4ccc([N+](=O)[O-])cc4Br)o3)C=C2c2ccccc2)cc1. The molecule has 1 aromatic heterocycles. The molecule has 2 heterocycles. The van der Waals surface area contributed by atoms with Gasteiger partial charge >= 0.3 is 5.97 Å². The maximum atomic E-state index is 13.6. The maximum Gasteiger partial charge on any atom is 0.338 e. The Bertz CT molecular complexity index is 1640. The zero-order valence-corrected chi connectivity index (χ0v) is 22.3. The van der Waals surface area contributed by atoms with Crippen molar-refractivity contribution in [3.8, 4) is 11.3 Å². The van der Waals surface area contributed by atoms with Gasteiger partial charge in [0.2, 0.25) is 0 Å². The summed E-state index contributed by atoms with van der Waals surface area (Å²) in [5.74, 6) is 0.256. The van der Waals surface area contributed by atoms with E-state index in [-0.39, 0.29) is 18.2 Å². The first-order chi connectivity index (χ1) is 18.9. The number of hydrogen-bond donors (Lipinski definition) is 0. The highest BCUT2D eigenvalue weighted by Gasteiger charge is 2.31. The summed E-state index contributed by atoms with van der Waals surface area (Å²) in [6, 6.07) is 24.1. The van der Waals surface area contributed by atoms with Crippen molar-refractivity contribution < 1.29 is 23.7 Å². The molecule has 0 radical (unpaired) electrons. The van der Waals surface area contributed by atoms with Gasteiger partial charge in [-0.2, -0.15) is 0 Å². The minimum absolute atomic E-state index is 0.0370. The number of nitro groups is 1. The first-order valence-electron chi connectivity index (χ1n) is 12.0. The summed E-state index contributed by atoms with van der Waals surface area (Å²) in [5, 5.41) is 11.1. The fraction of sp³-hybridized carbons (Fsp3) is 0.0667. The Labute approximate surface area is 232 Å². The number of anilines is 1. The van der Waals surface area contributed by atoms with Crippen LogP contribution in [0, 0.1) is 10.1 Å². The van der Waals surface area contributed by atoms with Gasteiger partial charge in [-0.25, -0.2) is 4.79 Å². The molecule has 0 bridgehead atoms. The number of hydrogen-bond acceptors (Lipinski definition) is 6. The molecule has 8 nitrogen and oxygen atoms in total. The molecular weight excluding hydrogens is 564 g/mol. The van der Waals surface area contributed by atoms with Gasteiger partial charge in [0.25, 0.3) is 11.6 Å². The van der Waals surface area contributed by atoms with E-state index < -0.39 is 10.9 Å². The van der Waals surface area contributed by atoms with Gasteiger partial charge < -0.3 is 9.15 Å². The third kappa shape index (κ3) is 5.30. The van der Waals surface area contributed by atoms with E-state index in [0.29, 0.717) is 44.1 Å². The molecule has 0 saturated heterocycles. The number of rotatable bonds is 7. The summed E-state index contributed by atoms with van der Waals surface area (Å²) in [4.78, 5) is 37.9. The van der Waals surface area contributed by atoms with Crippen LogP contribution in [0.1, 0.15) is 28.6 Å². The van der Waals surface area contributed by atoms with Crippen LogP contribution < -0.4 is 4.90 Å². The maximum absolute atomic E-state index is 13.6. The predicted molar refractivity (Wildman–Crippen MR) is 151 cm³/mol. The van der Waals surface area contributed by atoms with Crippen molar-refractivity contribution in [2.24, 2.45) is 0 Å². The molecule has 4 aromatic rings. The number of non-ortho nitro benzene ring substituents is 1. The molecule has 39 heavy (non-hydrogen) atoms. The zero-order valence-electron chi connectivity index (χ0n) is 20.7. The molecule has 9 heteroatoms. The molecule has 0 N–H and O–H groups in total. The van der Waals surface area contributed by atoms with Crippen molar-refractivity contribution >= 4 is 51.0 Å². The van der Waals surface area contributed by atoms with Crippen LogP contribution in [0.4, 0.5) is 11.4 Å². The number of nitro benzene ring substituents is 1. The monoisotopic (exact) mass is 584 g/mol. The lowest BCUT2D eigenvalue weighted by Gasteiger charge is -2.21. The topological polar surface area (TPSA) is 103 Å². The number of furan rings is 1. The van der Waals surface area contributed by atoms with Crippen LogP contribution in [0.2, 0.25) is 0 Å². The largest absolute Gasteiger partial charge is 0.462 e. The second kappa shape index (κ2) is 10.9. The number of halogens is 1. The van der Waals surface area contributed by atoms with Gasteiger partial charge in [0, 0.05) is 33.4 Å². The number of amides is 1. The lowest BCUT2D eigenvalue weighted by atomic mass is 10.1. The standard InChI is InChI=1S/C30H21BrN2O6/c1-2-38-30(35)20-8-10-22(11-9-20)32-27(19-6-4-3-5-7-19)17-21(29(32)34)16-24-13-15-28(39-24)25-14-12-23(33(36)37)18-26(25)31/h3-18H,2H2,1H3. The minimum Gasteiger partial charge on any atom is -0.462 e. The van der Waals surface area contributed by atoms with E-state index in [1.54, 1.807) is 66.4 Å². The molecule has 194 valence electrons. The summed E-state index contributed by atoms with van der Waals surface area (Å²) in [5.41, 5.74) is 3.54. The van der Waals surface area contributed by atoms with E-state index in [1.165, 1.54) is 12.1 Å². The van der Waals surface area contributed by atoms with Gasteiger partial charge in [-0.1, -0.05) is 30.3 Å². The summed E-state index contributed by atoms with van der Waals surface area (Å²) < 4.78 is 11.6. The van der Waals surface area contributed by atoms with Crippen molar-refractivity contribution in [1.29, 1.82) is 0 Å². The quantitative estimate of drug-likeness (QED) is 0.0979. The average Bonchev–Trinajstić information content (AvgIpc) is 3.53. The highest BCUT2D eigenvalue weighted by atomic mass is 79.9. The molecule has 0 atom stereocenters. The minimum atomic E-state index is -0.467. The number of nitrogens with zero attached hydrogens (tertiary/aromatic N) is 2. The second-order valence-corrected chi connectivity index (χ2v) is 9.38. The van der Waals surface area contributed by atoms with Gasteiger partial charge in [0.15, 0.2) is 0 Å². The van der Waals surface area contributed by atoms with E-state index in [9.17, 15) is 19.7 Å². The van der Waals surface area contributed by atoms with Gasteiger partial charge in [-0.15, -0.1) is 0 Å². The van der Waals surface area contributed by atoms with Gasteiger partial charge in [0.1, 0.15) is 11.5 Å². The number of carbonyl (C=O) groups is 2. The first kappa shape index (κ1) is 25.9. The van der Waals surface area contributed by atoms with Crippen molar-refractivity contribution in [3.05, 3.63) is 128 Å². The summed E-state index contributed by atoms with van der Waals surface area (Å²) >= 11 is 3.37. The van der Waals surface area contributed by atoms with Crippen molar-refractivity contribution in [2.75, 3.05) is 11.5 Å². The smallest absolute Gasteiger partial charge is 0.338 e. The van der Waals surface area contributed by atoms with Crippen LogP contribution in [0.3, 0.4) is 0 Å². The van der Waals surface area contributed by atoms with E-state index in [2.05, 4.69) is 15.9 Å². The van der Waals surface area contributed by atoms with Crippen molar-refractivity contribution in [3.63, 3.8) is 0 Å². The Morgan fingerprint density at radius 1 is 1.05 bits per heavy atom. The fourth-order valence-corrected chi connectivity index (χ4v) is 4.76. The van der Waals surface area contributed by atoms with Gasteiger partial charge in [0.05, 0.1) is 22.8 Å². The number of ether oxygens (including phenoxy) is 1. The highest BCUT2D eigenvalue weighted by Crippen LogP contribution is 2.37. The first-order valence-corrected chi connectivity index (χ1v) is 12.8. The third-order valence-corrected chi connectivity index (χ3v) is 6.70. The Balaban J connectivity index is 1.49. The van der Waals surface area contributed by atoms with Crippen LogP contribution in [-0.2, 0) is 9.53 Å². The normalized spacial score (nSPS) is 14.0. The molecule has 5 rings (SSSR count). The van der Waals surface area contributed by atoms with Crippen molar-refractivity contribution in [1.82, 2.24) is 0 Å². The molecule has 0 aliphatic carbocycles. The number of esters is 1.